The molecule has 0 bridgehead atoms. The van der Waals surface area contributed by atoms with Crippen molar-refractivity contribution >= 4 is 16.8 Å². The molecule has 2 aromatic rings. The molecule has 0 N–H and O–H groups in total. The topological polar surface area (TPSA) is 30.2 Å². The van der Waals surface area contributed by atoms with Crippen LogP contribution in [0.2, 0.25) is 0 Å². The van der Waals surface area contributed by atoms with E-state index >= 15 is 0 Å². The monoisotopic (exact) mass is 200 g/mol. The minimum Gasteiger partial charge on any atom is -0.461 e. The van der Waals surface area contributed by atoms with Crippen LogP contribution in [0, 0.1) is 5.92 Å². The summed E-state index contributed by atoms with van der Waals surface area (Å²) in [4.78, 5) is 11.2. The van der Waals surface area contributed by atoms with Crippen LogP contribution in [0.5, 0.6) is 0 Å². The van der Waals surface area contributed by atoms with Gasteiger partial charge in [0.25, 0.3) is 0 Å². The average molecular weight is 200 g/mol. The third kappa shape index (κ3) is 1.21. The van der Waals surface area contributed by atoms with Crippen molar-refractivity contribution in [1.29, 1.82) is 0 Å². The summed E-state index contributed by atoms with van der Waals surface area (Å²) >= 11 is 0. The van der Waals surface area contributed by atoms with Gasteiger partial charge in [-0.2, -0.15) is 0 Å². The van der Waals surface area contributed by atoms with Crippen molar-refractivity contribution in [2.45, 2.75) is 19.3 Å². The van der Waals surface area contributed by atoms with Gasteiger partial charge in [0.2, 0.25) is 0 Å². The Morgan fingerprint density at radius 1 is 1.33 bits per heavy atom. The lowest BCUT2D eigenvalue weighted by molar-refractivity contribution is -0.130. The first-order valence-electron chi connectivity index (χ1n) is 5.27. The van der Waals surface area contributed by atoms with Crippen LogP contribution in [0.15, 0.2) is 34.7 Å². The normalized spacial score (nSPS) is 25.5. The van der Waals surface area contributed by atoms with Crippen molar-refractivity contribution in [2.24, 2.45) is 5.92 Å². The summed E-state index contributed by atoms with van der Waals surface area (Å²) in [6.45, 7) is 1.98. The van der Waals surface area contributed by atoms with Crippen LogP contribution in [0.4, 0.5) is 0 Å². The van der Waals surface area contributed by atoms with Crippen LogP contribution in [-0.4, -0.2) is 5.78 Å². The second-order valence-electron chi connectivity index (χ2n) is 4.25. The Morgan fingerprint density at radius 2 is 2.13 bits per heavy atom. The van der Waals surface area contributed by atoms with Crippen molar-refractivity contribution < 1.29 is 9.21 Å². The largest absolute Gasteiger partial charge is 0.461 e. The van der Waals surface area contributed by atoms with Gasteiger partial charge in [0.1, 0.15) is 17.1 Å². The van der Waals surface area contributed by atoms with Gasteiger partial charge in [-0.25, -0.2) is 0 Å². The molecule has 0 spiro atoms. The number of ketones is 1. The maximum atomic E-state index is 11.2. The molecule has 2 unspecified atom stereocenters. The summed E-state index contributed by atoms with van der Waals surface area (Å²) in [5.41, 5.74) is 0.916. The van der Waals surface area contributed by atoms with Crippen LogP contribution >= 0.6 is 0 Å². The Morgan fingerprint density at radius 3 is 2.80 bits per heavy atom. The van der Waals surface area contributed by atoms with Gasteiger partial charge in [-0.05, 0) is 12.1 Å². The van der Waals surface area contributed by atoms with Gasteiger partial charge in [0, 0.05) is 23.6 Å². The van der Waals surface area contributed by atoms with Crippen molar-refractivity contribution in [3.63, 3.8) is 0 Å². The van der Waals surface area contributed by atoms with Gasteiger partial charge in [-0.1, -0.05) is 25.1 Å². The van der Waals surface area contributed by atoms with Gasteiger partial charge in [0.05, 0.1) is 0 Å². The molecule has 1 saturated carbocycles. The van der Waals surface area contributed by atoms with Gasteiger partial charge in [-0.15, -0.1) is 0 Å². The molecule has 0 saturated heterocycles. The number of carbonyl (C=O) groups excluding carboxylic acids is 1. The molecule has 0 radical (unpaired) electrons. The number of carbonyl (C=O) groups is 1. The molecule has 1 heterocycles. The first-order chi connectivity index (χ1) is 7.25. The molecule has 15 heavy (non-hydrogen) atoms. The Hall–Kier alpha value is -1.57. The highest BCUT2D eigenvalue weighted by atomic mass is 16.3. The van der Waals surface area contributed by atoms with Crippen LogP contribution < -0.4 is 0 Å². The number of rotatable bonds is 1. The number of fused-ring (bicyclic) bond motifs is 1. The second-order valence-corrected chi connectivity index (χ2v) is 4.25. The first kappa shape index (κ1) is 8.72. The van der Waals surface area contributed by atoms with Crippen LogP contribution in [0.1, 0.15) is 25.0 Å². The lowest BCUT2D eigenvalue weighted by atomic mass is 9.72. The lowest BCUT2D eigenvalue weighted by Crippen LogP contribution is -2.32. The van der Waals surface area contributed by atoms with Crippen LogP contribution in [0.3, 0.4) is 0 Å². The third-order valence-corrected chi connectivity index (χ3v) is 3.34. The molecular formula is C13H12O2. The van der Waals surface area contributed by atoms with Crippen LogP contribution in [0.25, 0.3) is 11.0 Å². The Balaban J connectivity index is 2.02. The summed E-state index contributed by atoms with van der Waals surface area (Å²) in [6.07, 6.45) is 0.640. The van der Waals surface area contributed by atoms with E-state index in [1.807, 2.05) is 31.2 Å². The zero-order valence-electron chi connectivity index (χ0n) is 8.57. The fourth-order valence-electron chi connectivity index (χ4n) is 2.18. The molecule has 1 aliphatic carbocycles. The molecule has 2 atom stereocenters. The SMILES string of the molecule is CC1C(=O)CC1c1cc2ccccc2o1. The Bertz CT molecular complexity index is 491. The highest BCUT2D eigenvalue weighted by Gasteiger charge is 2.38. The third-order valence-electron chi connectivity index (χ3n) is 3.34. The van der Waals surface area contributed by atoms with Crippen molar-refractivity contribution in [3.05, 3.63) is 36.1 Å². The minimum atomic E-state index is 0.130. The molecule has 2 nitrogen and oxygen atoms in total. The van der Waals surface area contributed by atoms with Gasteiger partial charge in [0.15, 0.2) is 0 Å². The van der Waals surface area contributed by atoms with E-state index in [1.54, 1.807) is 0 Å². The number of Topliss-reactive ketones (excluding diaryl/α,β-unsaturated/α-hetero) is 1. The lowest BCUT2D eigenvalue weighted by Gasteiger charge is -2.30. The quantitative estimate of drug-likeness (QED) is 0.708. The van der Waals surface area contributed by atoms with Crippen LogP contribution in [-0.2, 0) is 4.79 Å². The number of furan rings is 1. The first-order valence-corrected chi connectivity index (χ1v) is 5.27. The Labute approximate surface area is 87.9 Å². The summed E-state index contributed by atoms with van der Waals surface area (Å²) in [6, 6.07) is 10.0. The summed E-state index contributed by atoms with van der Waals surface area (Å²) in [5.74, 6) is 1.74. The van der Waals surface area contributed by atoms with E-state index in [-0.39, 0.29) is 5.92 Å². The standard InChI is InChI=1S/C13H12O2/c1-8-10(7-11(8)14)13-6-9-4-2-3-5-12(9)15-13/h2-6,8,10H,7H2,1H3. The molecule has 76 valence electrons. The number of para-hydroxylation sites is 1. The number of hydrogen-bond donors (Lipinski definition) is 0. The molecule has 0 amide bonds. The molecule has 1 fully saturated rings. The highest BCUT2D eigenvalue weighted by Crippen LogP contribution is 2.41. The van der Waals surface area contributed by atoms with Crippen molar-refractivity contribution in [2.75, 3.05) is 0 Å². The maximum Gasteiger partial charge on any atom is 0.137 e. The predicted octanol–water partition coefficient (Wildman–Crippen LogP) is 3.13. The smallest absolute Gasteiger partial charge is 0.137 e. The highest BCUT2D eigenvalue weighted by molar-refractivity contribution is 5.89. The van der Waals surface area contributed by atoms with E-state index in [1.165, 1.54) is 0 Å². The summed E-state index contributed by atoms with van der Waals surface area (Å²) < 4.78 is 5.74. The Kier molecular flexibility index (Phi) is 1.72. The van der Waals surface area contributed by atoms with Crippen molar-refractivity contribution in [3.8, 4) is 0 Å². The van der Waals surface area contributed by atoms with Gasteiger partial charge < -0.3 is 4.42 Å². The molecule has 1 aromatic heterocycles. The van der Waals surface area contributed by atoms with Gasteiger partial charge in [-0.3, -0.25) is 4.79 Å². The average Bonchev–Trinajstić information content (AvgIpc) is 2.67. The fourth-order valence-corrected chi connectivity index (χ4v) is 2.18. The van der Waals surface area contributed by atoms with E-state index in [0.717, 1.165) is 16.7 Å². The number of hydrogen-bond acceptors (Lipinski definition) is 2. The molecule has 0 aliphatic heterocycles. The van der Waals surface area contributed by atoms with E-state index in [2.05, 4.69) is 6.07 Å². The molecule has 2 heteroatoms. The minimum absolute atomic E-state index is 0.130. The van der Waals surface area contributed by atoms with Crippen molar-refractivity contribution in [1.82, 2.24) is 0 Å². The molecule has 3 rings (SSSR count). The van der Waals surface area contributed by atoms with E-state index in [4.69, 9.17) is 4.42 Å². The maximum absolute atomic E-state index is 11.2. The zero-order valence-corrected chi connectivity index (χ0v) is 8.57. The second kappa shape index (κ2) is 2.96. The number of benzene rings is 1. The summed E-state index contributed by atoms with van der Waals surface area (Å²) in [5, 5.41) is 1.12. The van der Waals surface area contributed by atoms with Gasteiger partial charge >= 0.3 is 0 Å². The van der Waals surface area contributed by atoms with E-state index in [0.29, 0.717) is 18.1 Å². The zero-order chi connectivity index (χ0) is 10.4. The predicted molar refractivity (Wildman–Crippen MR) is 57.7 cm³/mol. The molecular weight excluding hydrogens is 188 g/mol. The summed E-state index contributed by atoms with van der Waals surface area (Å²) in [7, 11) is 0. The molecule has 1 aliphatic rings. The van der Waals surface area contributed by atoms with E-state index < -0.39 is 0 Å². The van der Waals surface area contributed by atoms with E-state index in [9.17, 15) is 4.79 Å². The molecule has 1 aromatic carbocycles. The fraction of sp³-hybridized carbons (Fsp3) is 0.308.